The number of carbonyl (C=O) groups is 1. The van der Waals surface area contributed by atoms with Gasteiger partial charge in [0.15, 0.2) is 11.5 Å². The summed E-state index contributed by atoms with van der Waals surface area (Å²) in [6, 6.07) is 5.01. The highest BCUT2D eigenvalue weighted by atomic mass is 32.1. The summed E-state index contributed by atoms with van der Waals surface area (Å²) in [5.74, 6) is 0.816. The van der Waals surface area contributed by atoms with E-state index in [4.69, 9.17) is 14.2 Å². The van der Waals surface area contributed by atoms with E-state index in [1.165, 1.54) is 18.4 Å². The number of amides is 1. The second-order valence-electron chi connectivity index (χ2n) is 5.73. The second kappa shape index (κ2) is 8.93. The van der Waals surface area contributed by atoms with Crippen LogP contribution in [0.25, 0.3) is 0 Å². The summed E-state index contributed by atoms with van der Waals surface area (Å²) in [5.41, 5.74) is 0.465. The van der Waals surface area contributed by atoms with Gasteiger partial charge in [-0.2, -0.15) is 0 Å². The molecule has 0 spiro atoms. The molecule has 0 saturated carbocycles. The maximum atomic E-state index is 12.4. The number of anilines is 1. The van der Waals surface area contributed by atoms with Crippen LogP contribution in [0.15, 0.2) is 18.2 Å². The summed E-state index contributed by atoms with van der Waals surface area (Å²) in [4.78, 5) is 14.7. The third kappa shape index (κ3) is 4.69. The van der Waals surface area contributed by atoms with Crippen LogP contribution >= 0.6 is 11.3 Å². The molecule has 0 atom stereocenters. The molecule has 1 fully saturated rings. The van der Waals surface area contributed by atoms with Crippen molar-refractivity contribution in [2.45, 2.75) is 6.42 Å². The number of nitrogens with zero attached hydrogens (tertiary/aromatic N) is 3. The number of carbonyl (C=O) groups excluding carboxylic acids is 1. The molecule has 1 saturated heterocycles. The van der Waals surface area contributed by atoms with Crippen LogP contribution < -0.4 is 14.8 Å². The van der Waals surface area contributed by atoms with Crippen molar-refractivity contribution < 1.29 is 19.0 Å². The van der Waals surface area contributed by atoms with Crippen molar-refractivity contribution in [1.82, 2.24) is 15.1 Å². The van der Waals surface area contributed by atoms with E-state index >= 15 is 0 Å². The Morgan fingerprint density at radius 1 is 1.23 bits per heavy atom. The van der Waals surface area contributed by atoms with Crippen molar-refractivity contribution in [2.75, 3.05) is 52.4 Å². The Hall–Kier alpha value is -2.23. The van der Waals surface area contributed by atoms with E-state index < -0.39 is 0 Å². The molecule has 1 aromatic carbocycles. The highest BCUT2D eigenvalue weighted by molar-refractivity contribution is 7.15. The number of methoxy groups -OCH3 is 2. The minimum atomic E-state index is -0.262. The Morgan fingerprint density at radius 2 is 2.00 bits per heavy atom. The third-order valence-corrected chi connectivity index (χ3v) is 4.98. The zero-order valence-corrected chi connectivity index (χ0v) is 15.7. The number of aromatic nitrogens is 2. The zero-order valence-electron chi connectivity index (χ0n) is 14.9. The van der Waals surface area contributed by atoms with Crippen LogP contribution in [-0.2, 0) is 11.2 Å². The van der Waals surface area contributed by atoms with E-state index in [1.54, 1.807) is 25.3 Å². The van der Waals surface area contributed by atoms with E-state index in [-0.39, 0.29) is 5.91 Å². The molecule has 0 radical (unpaired) electrons. The molecule has 0 unspecified atom stereocenters. The molecular formula is C17H22N4O4S. The fourth-order valence-electron chi connectivity index (χ4n) is 2.63. The maximum absolute atomic E-state index is 12.4. The quantitative estimate of drug-likeness (QED) is 0.784. The predicted molar refractivity (Wildman–Crippen MR) is 98.4 cm³/mol. The molecular weight excluding hydrogens is 356 g/mol. The van der Waals surface area contributed by atoms with Crippen LogP contribution in [0.4, 0.5) is 5.13 Å². The van der Waals surface area contributed by atoms with Crippen molar-refractivity contribution in [3.63, 3.8) is 0 Å². The first kappa shape index (κ1) is 18.6. The van der Waals surface area contributed by atoms with Gasteiger partial charge in [-0.3, -0.25) is 15.0 Å². The maximum Gasteiger partial charge on any atom is 0.257 e. The number of rotatable bonds is 7. The molecule has 3 rings (SSSR count). The molecule has 8 nitrogen and oxygen atoms in total. The first-order valence-electron chi connectivity index (χ1n) is 8.35. The van der Waals surface area contributed by atoms with E-state index in [2.05, 4.69) is 20.4 Å². The lowest BCUT2D eigenvalue weighted by Gasteiger charge is -2.25. The lowest BCUT2D eigenvalue weighted by molar-refractivity contribution is 0.0384. The van der Waals surface area contributed by atoms with Crippen LogP contribution in [0.1, 0.15) is 15.4 Å². The molecule has 0 bridgehead atoms. The summed E-state index contributed by atoms with van der Waals surface area (Å²) in [7, 11) is 3.09. The van der Waals surface area contributed by atoms with Gasteiger partial charge in [0.2, 0.25) is 5.13 Å². The van der Waals surface area contributed by atoms with Gasteiger partial charge in [-0.1, -0.05) is 11.3 Å². The van der Waals surface area contributed by atoms with Crippen molar-refractivity contribution in [1.29, 1.82) is 0 Å². The third-order valence-electron chi connectivity index (χ3n) is 4.08. The lowest BCUT2D eigenvalue weighted by Crippen LogP contribution is -2.37. The van der Waals surface area contributed by atoms with Gasteiger partial charge in [0.1, 0.15) is 5.01 Å². The molecule has 1 amide bonds. The minimum absolute atomic E-state index is 0.262. The Labute approximate surface area is 156 Å². The topological polar surface area (TPSA) is 85.8 Å². The van der Waals surface area contributed by atoms with Gasteiger partial charge in [-0.25, -0.2) is 0 Å². The molecule has 9 heteroatoms. The highest BCUT2D eigenvalue weighted by Crippen LogP contribution is 2.28. The number of morpholine rings is 1. The van der Waals surface area contributed by atoms with Gasteiger partial charge in [0.25, 0.3) is 5.91 Å². The summed E-state index contributed by atoms with van der Waals surface area (Å²) in [6.07, 6.45) is 0.809. The molecule has 1 aliphatic heterocycles. The predicted octanol–water partition coefficient (Wildman–Crippen LogP) is 1.68. The normalized spacial score (nSPS) is 14.8. The van der Waals surface area contributed by atoms with Gasteiger partial charge in [-0.05, 0) is 18.2 Å². The Morgan fingerprint density at radius 3 is 2.73 bits per heavy atom. The van der Waals surface area contributed by atoms with Crippen LogP contribution in [0.2, 0.25) is 0 Å². The first-order chi connectivity index (χ1) is 12.7. The van der Waals surface area contributed by atoms with Gasteiger partial charge in [0, 0.05) is 31.6 Å². The molecule has 1 aromatic heterocycles. The smallest absolute Gasteiger partial charge is 0.257 e. The van der Waals surface area contributed by atoms with Crippen LogP contribution in [0.3, 0.4) is 0 Å². The van der Waals surface area contributed by atoms with Gasteiger partial charge >= 0.3 is 0 Å². The van der Waals surface area contributed by atoms with Crippen LogP contribution in [0, 0.1) is 0 Å². The molecule has 1 aliphatic rings. The average molecular weight is 378 g/mol. The Bertz CT molecular complexity index is 746. The Kier molecular flexibility index (Phi) is 6.37. The van der Waals surface area contributed by atoms with Gasteiger partial charge in [-0.15, -0.1) is 10.2 Å². The molecule has 0 aliphatic carbocycles. The first-order valence-corrected chi connectivity index (χ1v) is 9.17. The zero-order chi connectivity index (χ0) is 18.4. The number of benzene rings is 1. The highest BCUT2D eigenvalue weighted by Gasteiger charge is 2.15. The second-order valence-corrected chi connectivity index (χ2v) is 6.79. The van der Waals surface area contributed by atoms with Crippen LogP contribution in [0.5, 0.6) is 11.5 Å². The van der Waals surface area contributed by atoms with E-state index in [0.29, 0.717) is 22.2 Å². The Balaban J connectivity index is 1.57. The molecule has 140 valence electrons. The fraction of sp³-hybridized carbons (Fsp3) is 0.471. The molecule has 1 N–H and O–H groups in total. The number of ether oxygens (including phenoxy) is 3. The van der Waals surface area contributed by atoms with Crippen molar-refractivity contribution in [3.05, 3.63) is 28.8 Å². The molecule has 2 aromatic rings. The van der Waals surface area contributed by atoms with Gasteiger partial charge < -0.3 is 14.2 Å². The number of nitrogens with one attached hydrogen (secondary N) is 1. The van der Waals surface area contributed by atoms with Crippen molar-refractivity contribution in [3.8, 4) is 11.5 Å². The molecule has 26 heavy (non-hydrogen) atoms. The molecule has 2 heterocycles. The number of hydrogen-bond acceptors (Lipinski definition) is 8. The van der Waals surface area contributed by atoms with E-state index in [0.717, 1.165) is 44.3 Å². The summed E-state index contributed by atoms with van der Waals surface area (Å²) < 4.78 is 15.7. The number of hydrogen-bond donors (Lipinski definition) is 1. The fourth-order valence-corrected chi connectivity index (χ4v) is 3.35. The monoisotopic (exact) mass is 378 g/mol. The van der Waals surface area contributed by atoms with Gasteiger partial charge in [0.05, 0.1) is 27.4 Å². The van der Waals surface area contributed by atoms with E-state index in [1.807, 2.05) is 0 Å². The largest absolute Gasteiger partial charge is 0.493 e. The lowest BCUT2D eigenvalue weighted by atomic mass is 10.2. The van der Waals surface area contributed by atoms with Crippen molar-refractivity contribution in [2.24, 2.45) is 0 Å². The standard InChI is InChI=1S/C17H22N4O4S/c1-23-13-4-3-12(11-14(13)24-2)16(22)18-17-20-19-15(26-17)5-6-21-7-9-25-10-8-21/h3-4,11H,5-10H2,1-2H3,(H,18,20,22). The van der Waals surface area contributed by atoms with E-state index in [9.17, 15) is 4.79 Å². The summed E-state index contributed by atoms with van der Waals surface area (Å²) >= 11 is 1.39. The average Bonchev–Trinajstić information content (AvgIpc) is 3.13. The van der Waals surface area contributed by atoms with Crippen molar-refractivity contribution >= 4 is 22.4 Å². The summed E-state index contributed by atoms with van der Waals surface area (Å²) in [6.45, 7) is 4.37. The SMILES string of the molecule is COc1ccc(C(=O)Nc2nnc(CCN3CCOCC3)s2)cc1OC. The minimum Gasteiger partial charge on any atom is -0.493 e. The van der Waals surface area contributed by atoms with Crippen LogP contribution in [-0.4, -0.2) is 68.1 Å². The summed E-state index contributed by atoms with van der Waals surface area (Å²) in [5, 5.41) is 12.4.